The van der Waals surface area contributed by atoms with Gasteiger partial charge in [0.25, 0.3) is 0 Å². The molecule has 0 saturated carbocycles. The molecule has 0 aliphatic heterocycles. The zero-order valence-corrected chi connectivity index (χ0v) is 13.5. The van der Waals surface area contributed by atoms with Crippen molar-refractivity contribution in [2.75, 3.05) is 37.0 Å². The van der Waals surface area contributed by atoms with Gasteiger partial charge in [0.15, 0.2) is 5.16 Å². The van der Waals surface area contributed by atoms with E-state index in [0.717, 1.165) is 18.2 Å². The van der Waals surface area contributed by atoms with Gasteiger partial charge < -0.3 is 16.0 Å². The second kappa shape index (κ2) is 7.33. The lowest BCUT2D eigenvalue weighted by atomic mass is 9.92. The van der Waals surface area contributed by atoms with Crippen molar-refractivity contribution >= 4 is 29.3 Å². The Morgan fingerprint density at radius 1 is 1.30 bits per heavy atom. The monoisotopic (exact) mass is 297 g/mol. The summed E-state index contributed by atoms with van der Waals surface area (Å²) in [7, 11) is 1.64. The zero-order chi connectivity index (χ0) is 15.2. The number of anilines is 2. The highest BCUT2D eigenvalue weighted by Gasteiger charge is 2.26. The summed E-state index contributed by atoms with van der Waals surface area (Å²) in [6, 6.07) is 1.85. The van der Waals surface area contributed by atoms with Crippen LogP contribution in [0.1, 0.15) is 20.8 Å². The van der Waals surface area contributed by atoms with Crippen LogP contribution in [-0.4, -0.2) is 42.3 Å². The standard InChI is InChI=1S/C13H23N5OS/c1-6-15-9-7-10(18-12(17-9)20-5)16-8-13(2,3)11(19)14-4/h7H,6,8H2,1-5H3,(H,14,19)(H2,15,16,17,18). The smallest absolute Gasteiger partial charge is 0.227 e. The highest BCUT2D eigenvalue weighted by Crippen LogP contribution is 2.20. The van der Waals surface area contributed by atoms with Crippen LogP contribution in [-0.2, 0) is 4.79 Å². The van der Waals surface area contributed by atoms with Crippen molar-refractivity contribution in [2.45, 2.75) is 25.9 Å². The molecule has 3 N–H and O–H groups in total. The normalized spacial score (nSPS) is 11.1. The fraction of sp³-hybridized carbons (Fsp3) is 0.615. The van der Waals surface area contributed by atoms with Crippen molar-refractivity contribution in [3.05, 3.63) is 6.07 Å². The molecule has 0 aromatic carbocycles. The minimum Gasteiger partial charge on any atom is -0.370 e. The summed E-state index contributed by atoms with van der Waals surface area (Å²) in [5.41, 5.74) is -0.502. The first-order valence-corrected chi connectivity index (χ1v) is 7.78. The van der Waals surface area contributed by atoms with Gasteiger partial charge in [-0.2, -0.15) is 0 Å². The van der Waals surface area contributed by atoms with E-state index in [-0.39, 0.29) is 5.91 Å². The third-order valence-corrected chi connectivity index (χ3v) is 3.35. The molecular formula is C13H23N5OS. The average Bonchev–Trinajstić information content (AvgIpc) is 2.44. The molecule has 0 fully saturated rings. The van der Waals surface area contributed by atoms with Crippen LogP contribution >= 0.6 is 11.8 Å². The van der Waals surface area contributed by atoms with Crippen LogP contribution in [0.2, 0.25) is 0 Å². The lowest BCUT2D eigenvalue weighted by Gasteiger charge is -2.23. The summed E-state index contributed by atoms with van der Waals surface area (Å²) < 4.78 is 0. The molecule has 0 unspecified atom stereocenters. The van der Waals surface area contributed by atoms with Gasteiger partial charge in [-0.25, -0.2) is 9.97 Å². The summed E-state index contributed by atoms with van der Waals surface area (Å²) in [5, 5.41) is 9.74. The highest BCUT2D eigenvalue weighted by atomic mass is 32.2. The maximum absolute atomic E-state index is 11.7. The number of carbonyl (C=O) groups excluding carboxylic acids is 1. The van der Waals surface area contributed by atoms with Crippen LogP contribution in [0, 0.1) is 5.41 Å². The van der Waals surface area contributed by atoms with Crippen LogP contribution in [0.25, 0.3) is 0 Å². The van der Waals surface area contributed by atoms with Crippen molar-refractivity contribution in [1.82, 2.24) is 15.3 Å². The van der Waals surface area contributed by atoms with E-state index in [1.165, 1.54) is 11.8 Å². The van der Waals surface area contributed by atoms with Crippen molar-refractivity contribution < 1.29 is 4.79 Å². The van der Waals surface area contributed by atoms with E-state index < -0.39 is 5.41 Å². The maximum Gasteiger partial charge on any atom is 0.227 e. The lowest BCUT2D eigenvalue weighted by Crippen LogP contribution is -2.39. The Kier molecular flexibility index (Phi) is 6.06. The average molecular weight is 297 g/mol. The second-order valence-electron chi connectivity index (χ2n) is 4.97. The summed E-state index contributed by atoms with van der Waals surface area (Å²) in [6.45, 7) is 7.10. The molecule has 112 valence electrons. The Labute approximate surface area is 124 Å². The van der Waals surface area contributed by atoms with E-state index in [1.807, 2.05) is 33.1 Å². The summed E-state index contributed by atoms with van der Waals surface area (Å²) in [5.74, 6) is 1.50. The van der Waals surface area contributed by atoms with Gasteiger partial charge in [0.2, 0.25) is 5.91 Å². The van der Waals surface area contributed by atoms with Crippen molar-refractivity contribution in [2.24, 2.45) is 5.41 Å². The third-order valence-electron chi connectivity index (χ3n) is 2.80. The van der Waals surface area contributed by atoms with Gasteiger partial charge in [-0.3, -0.25) is 4.79 Å². The Morgan fingerprint density at radius 2 is 1.90 bits per heavy atom. The van der Waals surface area contributed by atoms with Gasteiger partial charge in [-0.05, 0) is 27.0 Å². The molecule has 6 nitrogen and oxygen atoms in total. The molecule has 0 saturated heterocycles. The Morgan fingerprint density at radius 3 is 2.40 bits per heavy atom. The van der Waals surface area contributed by atoms with E-state index in [1.54, 1.807) is 7.05 Å². The van der Waals surface area contributed by atoms with Gasteiger partial charge in [-0.15, -0.1) is 0 Å². The van der Waals surface area contributed by atoms with E-state index in [2.05, 4.69) is 25.9 Å². The first-order valence-electron chi connectivity index (χ1n) is 6.56. The van der Waals surface area contributed by atoms with E-state index in [9.17, 15) is 4.79 Å². The minimum absolute atomic E-state index is 0.00365. The quantitative estimate of drug-likeness (QED) is 0.526. The minimum atomic E-state index is -0.502. The molecular weight excluding hydrogens is 274 g/mol. The van der Waals surface area contributed by atoms with Gasteiger partial charge in [-0.1, -0.05) is 11.8 Å². The highest BCUT2D eigenvalue weighted by molar-refractivity contribution is 7.98. The molecule has 1 heterocycles. The molecule has 0 radical (unpaired) electrons. The van der Waals surface area contributed by atoms with Gasteiger partial charge in [0.1, 0.15) is 11.6 Å². The number of thioether (sulfide) groups is 1. The summed E-state index contributed by atoms with van der Waals surface area (Å²) in [4.78, 5) is 20.5. The summed E-state index contributed by atoms with van der Waals surface area (Å²) in [6.07, 6.45) is 1.93. The molecule has 20 heavy (non-hydrogen) atoms. The molecule has 0 spiro atoms. The summed E-state index contributed by atoms with van der Waals surface area (Å²) >= 11 is 1.49. The molecule has 1 aromatic rings. The maximum atomic E-state index is 11.7. The van der Waals surface area contributed by atoms with E-state index >= 15 is 0 Å². The Hall–Kier alpha value is -1.50. The Balaban J connectivity index is 2.81. The number of nitrogens with one attached hydrogen (secondary N) is 3. The predicted molar refractivity (Wildman–Crippen MR) is 84.3 cm³/mol. The number of carbonyl (C=O) groups is 1. The number of aromatic nitrogens is 2. The van der Waals surface area contributed by atoms with Crippen molar-refractivity contribution in [3.8, 4) is 0 Å². The fourth-order valence-corrected chi connectivity index (χ4v) is 1.99. The van der Waals surface area contributed by atoms with Crippen molar-refractivity contribution in [3.63, 3.8) is 0 Å². The molecule has 1 rings (SSSR count). The molecule has 0 bridgehead atoms. The van der Waals surface area contributed by atoms with Crippen LogP contribution in [0.15, 0.2) is 11.2 Å². The van der Waals surface area contributed by atoms with Crippen molar-refractivity contribution in [1.29, 1.82) is 0 Å². The second-order valence-corrected chi connectivity index (χ2v) is 5.75. The van der Waals surface area contributed by atoms with Gasteiger partial charge in [0.05, 0.1) is 5.41 Å². The lowest BCUT2D eigenvalue weighted by molar-refractivity contribution is -0.128. The predicted octanol–water partition coefficient (Wildman–Crippen LogP) is 1.81. The molecule has 0 aliphatic carbocycles. The van der Waals surface area contributed by atoms with Crippen LogP contribution in [0.4, 0.5) is 11.6 Å². The van der Waals surface area contributed by atoms with Gasteiger partial charge in [0, 0.05) is 26.2 Å². The number of hydrogen-bond acceptors (Lipinski definition) is 6. The number of amides is 1. The number of rotatable bonds is 7. The van der Waals surface area contributed by atoms with Gasteiger partial charge >= 0.3 is 0 Å². The van der Waals surface area contributed by atoms with E-state index in [4.69, 9.17) is 0 Å². The topological polar surface area (TPSA) is 78.9 Å². The van der Waals surface area contributed by atoms with Crippen LogP contribution < -0.4 is 16.0 Å². The molecule has 1 aromatic heterocycles. The Bertz CT molecular complexity index is 464. The van der Waals surface area contributed by atoms with Crippen LogP contribution in [0.3, 0.4) is 0 Å². The van der Waals surface area contributed by atoms with E-state index in [0.29, 0.717) is 11.7 Å². The fourth-order valence-electron chi connectivity index (χ4n) is 1.61. The molecule has 7 heteroatoms. The number of nitrogens with zero attached hydrogens (tertiary/aromatic N) is 2. The molecule has 0 aliphatic rings. The number of hydrogen-bond donors (Lipinski definition) is 3. The van der Waals surface area contributed by atoms with Crippen LogP contribution in [0.5, 0.6) is 0 Å². The first-order chi connectivity index (χ1) is 9.42. The first kappa shape index (κ1) is 16.6. The third kappa shape index (κ3) is 4.56. The largest absolute Gasteiger partial charge is 0.370 e. The molecule has 1 amide bonds. The SMILES string of the molecule is CCNc1cc(NCC(C)(C)C(=O)NC)nc(SC)n1. The zero-order valence-electron chi connectivity index (χ0n) is 12.7. The molecule has 0 atom stereocenters.